The van der Waals surface area contributed by atoms with Crippen LogP contribution in [-0.2, 0) is 0 Å². The van der Waals surface area contributed by atoms with E-state index in [1.165, 1.54) is 26.4 Å². The number of nitrogens with zero attached hydrogens (tertiary/aromatic N) is 4. The molecule has 0 aliphatic heterocycles. The lowest BCUT2D eigenvalue weighted by atomic mass is 10.0. The maximum atomic E-state index is 13.5. The number of benzene rings is 6. The van der Waals surface area contributed by atoms with Gasteiger partial charge in [0, 0.05) is 32.3 Å². The van der Waals surface area contributed by atoms with Crippen LogP contribution < -0.4 is 33.3 Å². The second kappa shape index (κ2) is 17.8. The first kappa shape index (κ1) is 39.9. The molecular formula is C44H38N4O10. The Balaban J connectivity index is 1.29. The molecule has 6 aromatic rings. The number of ether oxygens (including phenoxy) is 6. The van der Waals surface area contributed by atoms with Crippen molar-refractivity contribution in [2.24, 2.45) is 10.2 Å². The molecule has 14 nitrogen and oxygen atoms in total. The summed E-state index contributed by atoms with van der Waals surface area (Å²) >= 11 is 0. The van der Waals surface area contributed by atoms with E-state index in [1.54, 1.807) is 87.8 Å². The highest BCUT2D eigenvalue weighted by atomic mass is 16.6. The summed E-state index contributed by atoms with van der Waals surface area (Å²) in [6.45, 7) is 0. The largest absolute Gasteiger partial charge is 0.497 e. The third-order valence-corrected chi connectivity index (χ3v) is 8.96. The number of nitro groups is 1. The lowest BCUT2D eigenvalue weighted by Crippen LogP contribution is -2.12. The summed E-state index contributed by atoms with van der Waals surface area (Å²) in [5, 5.41) is 20.8. The first-order valence-electron chi connectivity index (χ1n) is 17.6. The first-order chi connectivity index (χ1) is 28.0. The van der Waals surface area contributed by atoms with Crippen molar-refractivity contribution >= 4 is 34.7 Å². The van der Waals surface area contributed by atoms with Crippen molar-refractivity contribution in [3.05, 3.63) is 143 Å². The van der Waals surface area contributed by atoms with Crippen molar-refractivity contribution in [1.82, 2.24) is 0 Å². The lowest BCUT2D eigenvalue weighted by Gasteiger charge is -2.18. The van der Waals surface area contributed by atoms with Gasteiger partial charge in [-0.1, -0.05) is 48.5 Å². The molecule has 6 rings (SSSR count). The van der Waals surface area contributed by atoms with Gasteiger partial charge >= 0.3 is 17.6 Å². The van der Waals surface area contributed by atoms with Crippen LogP contribution in [0.5, 0.6) is 34.5 Å². The summed E-state index contributed by atoms with van der Waals surface area (Å²) in [4.78, 5) is 40.0. The number of anilines is 1. The molecule has 0 atom stereocenters. The van der Waals surface area contributed by atoms with Crippen molar-refractivity contribution in [3.63, 3.8) is 0 Å². The summed E-state index contributed by atoms with van der Waals surface area (Å²) in [6.07, 6.45) is 0. The Hall–Kier alpha value is -7.74. The van der Waals surface area contributed by atoms with E-state index in [0.717, 1.165) is 34.1 Å². The predicted molar refractivity (Wildman–Crippen MR) is 218 cm³/mol. The van der Waals surface area contributed by atoms with Crippen LogP contribution >= 0.6 is 0 Å². The van der Waals surface area contributed by atoms with Gasteiger partial charge in [-0.3, -0.25) is 10.1 Å². The molecule has 0 spiro atoms. The zero-order valence-electron chi connectivity index (χ0n) is 32.4. The molecule has 0 fully saturated rings. The Bertz CT molecular complexity index is 2470. The zero-order valence-corrected chi connectivity index (χ0v) is 32.4. The van der Waals surface area contributed by atoms with Gasteiger partial charge in [0.25, 0.3) is 0 Å². The Kier molecular flexibility index (Phi) is 12.3. The fourth-order valence-corrected chi connectivity index (χ4v) is 5.81. The van der Waals surface area contributed by atoms with Gasteiger partial charge in [0.1, 0.15) is 28.6 Å². The maximum absolute atomic E-state index is 13.5. The lowest BCUT2D eigenvalue weighted by molar-refractivity contribution is -0.385. The molecule has 294 valence electrons. The van der Waals surface area contributed by atoms with Crippen LogP contribution in [-0.4, -0.2) is 59.4 Å². The molecule has 0 radical (unpaired) electrons. The molecule has 58 heavy (non-hydrogen) atoms. The fourth-order valence-electron chi connectivity index (χ4n) is 5.81. The molecule has 0 aliphatic rings. The van der Waals surface area contributed by atoms with Crippen LogP contribution in [0, 0.1) is 10.1 Å². The van der Waals surface area contributed by atoms with E-state index in [1.807, 2.05) is 48.5 Å². The van der Waals surface area contributed by atoms with Crippen molar-refractivity contribution in [3.8, 4) is 56.8 Å². The monoisotopic (exact) mass is 782 g/mol. The molecule has 0 saturated heterocycles. The zero-order chi connectivity index (χ0) is 41.3. The molecule has 0 amide bonds. The number of carbonyl (C=O) groups excluding carboxylic acids is 2. The van der Waals surface area contributed by atoms with Gasteiger partial charge in [-0.05, 0) is 70.8 Å². The van der Waals surface area contributed by atoms with E-state index in [-0.39, 0.29) is 34.0 Å². The maximum Gasteiger partial charge on any atom is 0.343 e. The van der Waals surface area contributed by atoms with E-state index in [2.05, 4.69) is 10.2 Å². The molecule has 0 unspecified atom stereocenters. The Morgan fingerprint density at radius 3 is 1.31 bits per heavy atom. The van der Waals surface area contributed by atoms with Gasteiger partial charge in [-0.25, -0.2) is 9.59 Å². The Morgan fingerprint density at radius 1 is 0.517 bits per heavy atom. The highest BCUT2D eigenvalue weighted by Gasteiger charge is 2.24. The van der Waals surface area contributed by atoms with E-state index in [4.69, 9.17) is 28.4 Å². The van der Waals surface area contributed by atoms with Crippen LogP contribution in [0.15, 0.2) is 132 Å². The minimum atomic E-state index is -0.840. The molecule has 6 aromatic carbocycles. The summed E-state index contributed by atoms with van der Waals surface area (Å²) in [7, 11) is 9.55. The number of azo groups is 1. The fraction of sp³-hybridized carbons (Fsp3) is 0.136. The van der Waals surface area contributed by atoms with Gasteiger partial charge in [0.05, 0.1) is 56.2 Å². The predicted octanol–water partition coefficient (Wildman–Crippen LogP) is 9.88. The van der Waals surface area contributed by atoms with Crippen LogP contribution in [0.2, 0.25) is 0 Å². The molecule has 0 N–H and O–H groups in total. The molecule has 0 aliphatic carbocycles. The molecule has 0 aromatic heterocycles. The van der Waals surface area contributed by atoms with Crippen LogP contribution in [0.25, 0.3) is 22.3 Å². The summed E-state index contributed by atoms with van der Waals surface area (Å²) in [5.74, 6) is -0.0552. The van der Waals surface area contributed by atoms with Gasteiger partial charge in [0.2, 0.25) is 5.75 Å². The number of carbonyl (C=O) groups is 2. The van der Waals surface area contributed by atoms with E-state index in [9.17, 15) is 19.7 Å². The number of methoxy groups -OCH3 is 4. The Labute approximate surface area is 334 Å². The van der Waals surface area contributed by atoms with Gasteiger partial charge in [0.15, 0.2) is 11.5 Å². The van der Waals surface area contributed by atoms with E-state index < -0.39 is 28.3 Å². The second-order valence-electron chi connectivity index (χ2n) is 12.7. The van der Waals surface area contributed by atoms with E-state index in [0.29, 0.717) is 17.2 Å². The van der Waals surface area contributed by atoms with Crippen molar-refractivity contribution in [2.75, 3.05) is 47.4 Å². The van der Waals surface area contributed by atoms with Gasteiger partial charge < -0.3 is 33.3 Å². The summed E-state index contributed by atoms with van der Waals surface area (Å²) in [5.41, 5.74) is 4.09. The van der Waals surface area contributed by atoms with Crippen LogP contribution in [0.4, 0.5) is 22.7 Å². The molecule has 14 heteroatoms. The smallest absolute Gasteiger partial charge is 0.343 e. The Morgan fingerprint density at radius 2 is 0.914 bits per heavy atom. The van der Waals surface area contributed by atoms with Crippen molar-refractivity contribution in [2.45, 2.75) is 0 Å². The second-order valence-corrected chi connectivity index (χ2v) is 12.7. The standard InChI is InChI=1S/C44H38N4O10/c1-47(2)37-25-40(57-43(49)31-11-7-27(8-12-31)29-15-19-33(53-3)20-16-29)36(23-41(37)56-6)46-45-35-24-42(38(48(51)52)26-39(35)55-5)58-44(50)32-13-9-28(10-14-32)30-17-21-34(54-4)22-18-30/h7-26H,1-6H3. The molecular weight excluding hydrogens is 745 g/mol. The minimum Gasteiger partial charge on any atom is -0.497 e. The quantitative estimate of drug-likeness (QED) is 0.0340. The molecule has 0 heterocycles. The van der Waals surface area contributed by atoms with E-state index >= 15 is 0 Å². The minimum absolute atomic E-state index is 0.0206. The first-order valence-corrected chi connectivity index (χ1v) is 17.6. The number of hydrogen-bond donors (Lipinski definition) is 0. The van der Waals surface area contributed by atoms with Crippen molar-refractivity contribution in [1.29, 1.82) is 0 Å². The number of nitro benzene ring substituents is 1. The van der Waals surface area contributed by atoms with Gasteiger partial charge in [-0.15, -0.1) is 10.2 Å². The highest BCUT2D eigenvalue weighted by Crippen LogP contribution is 2.44. The third-order valence-electron chi connectivity index (χ3n) is 8.96. The van der Waals surface area contributed by atoms with Gasteiger partial charge in [-0.2, -0.15) is 0 Å². The van der Waals surface area contributed by atoms with Crippen LogP contribution in [0.1, 0.15) is 20.7 Å². The average molecular weight is 783 g/mol. The normalized spacial score (nSPS) is 10.8. The number of esters is 2. The molecule has 0 saturated carbocycles. The summed E-state index contributed by atoms with van der Waals surface area (Å²) in [6, 6.07) is 33.8. The number of hydrogen-bond acceptors (Lipinski definition) is 13. The summed E-state index contributed by atoms with van der Waals surface area (Å²) < 4.78 is 32.9. The highest BCUT2D eigenvalue weighted by molar-refractivity contribution is 5.93. The van der Waals surface area contributed by atoms with Crippen LogP contribution in [0.3, 0.4) is 0 Å². The third kappa shape index (κ3) is 9.03. The SMILES string of the molecule is COc1ccc(-c2ccc(C(=O)Oc3cc(N(C)C)c(OC)cc3N=Nc3cc(OC(=O)c4ccc(-c5ccc(OC)cc5)cc4)c([N+](=O)[O-])cc3OC)cc2)cc1. The average Bonchev–Trinajstić information content (AvgIpc) is 3.25. The molecule has 0 bridgehead atoms. The van der Waals surface area contributed by atoms with Crippen molar-refractivity contribution < 1.29 is 42.9 Å². The topological polar surface area (TPSA) is 161 Å². The number of rotatable bonds is 14.